The van der Waals surface area contributed by atoms with Gasteiger partial charge in [0.1, 0.15) is 12.4 Å². The monoisotopic (exact) mass is 370 g/mol. The fourth-order valence-corrected chi connectivity index (χ4v) is 3.34. The molecule has 1 amide bonds. The Balaban J connectivity index is 1.57. The summed E-state index contributed by atoms with van der Waals surface area (Å²) in [6.07, 6.45) is 4.17. The second-order valence-corrected chi connectivity index (χ2v) is 6.91. The zero-order valence-electron chi connectivity index (χ0n) is 15.8. The van der Waals surface area contributed by atoms with E-state index >= 15 is 0 Å². The summed E-state index contributed by atoms with van der Waals surface area (Å²) in [5.74, 6) is 0.848. The molecule has 0 saturated heterocycles. The first kappa shape index (κ1) is 17.9. The third kappa shape index (κ3) is 4.09. The molecule has 2 aromatic heterocycles. The van der Waals surface area contributed by atoms with Gasteiger partial charge in [-0.25, -0.2) is 4.98 Å². The molecule has 0 spiro atoms. The van der Waals surface area contributed by atoms with Gasteiger partial charge in [-0.15, -0.1) is 0 Å². The number of aromatic nitrogens is 3. The van der Waals surface area contributed by atoms with Crippen molar-refractivity contribution in [2.24, 2.45) is 0 Å². The summed E-state index contributed by atoms with van der Waals surface area (Å²) in [5, 5.41) is 2.97. The number of pyridine rings is 1. The molecule has 0 aliphatic heterocycles. The second-order valence-electron chi connectivity index (χ2n) is 6.91. The highest BCUT2D eigenvalue weighted by atomic mass is 16.1. The van der Waals surface area contributed by atoms with Crippen molar-refractivity contribution in [2.45, 2.75) is 26.4 Å². The Bertz CT molecular complexity index is 1100. The first-order valence-electron chi connectivity index (χ1n) is 9.34. The van der Waals surface area contributed by atoms with Gasteiger partial charge >= 0.3 is 0 Å². The van der Waals surface area contributed by atoms with E-state index in [1.807, 2.05) is 41.0 Å². The van der Waals surface area contributed by atoms with Crippen LogP contribution in [-0.2, 0) is 24.3 Å². The molecule has 0 saturated carbocycles. The van der Waals surface area contributed by atoms with Crippen molar-refractivity contribution in [1.82, 2.24) is 19.9 Å². The molecule has 1 N–H and O–H groups in total. The summed E-state index contributed by atoms with van der Waals surface area (Å²) in [4.78, 5) is 21.5. The Morgan fingerprint density at radius 2 is 1.89 bits per heavy atom. The molecule has 0 radical (unpaired) electrons. The lowest BCUT2D eigenvalue weighted by Gasteiger charge is -2.10. The molecule has 2 heterocycles. The smallest absolute Gasteiger partial charge is 0.240 e. The Kier molecular flexibility index (Phi) is 5.15. The van der Waals surface area contributed by atoms with E-state index in [4.69, 9.17) is 4.98 Å². The molecule has 0 aliphatic rings. The zero-order chi connectivity index (χ0) is 19.3. The molecule has 0 bridgehead atoms. The molecule has 0 aliphatic carbocycles. The SMILES string of the molecule is Cc1cccc(Cc2nc3ccccc3n2CC(=O)NCc2cccnc2)c1. The lowest BCUT2D eigenvalue weighted by Crippen LogP contribution is -2.27. The Hall–Kier alpha value is -3.47. The van der Waals surface area contributed by atoms with E-state index in [9.17, 15) is 4.79 Å². The Labute approximate surface area is 164 Å². The molecule has 5 nitrogen and oxygen atoms in total. The molecule has 5 heteroatoms. The number of carbonyl (C=O) groups is 1. The normalized spacial score (nSPS) is 10.9. The van der Waals surface area contributed by atoms with E-state index < -0.39 is 0 Å². The zero-order valence-corrected chi connectivity index (χ0v) is 15.8. The number of hydrogen-bond donors (Lipinski definition) is 1. The van der Waals surface area contributed by atoms with Crippen LogP contribution in [0.4, 0.5) is 0 Å². The van der Waals surface area contributed by atoms with E-state index in [-0.39, 0.29) is 12.5 Å². The molecule has 4 aromatic rings. The van der Waals surface area contributed by atoms with Gasteiger partial charge in [0, 0.05) is 25.4 Å². The maximum absolute atomic E-state index is 12.6. The number of nitrogens with one attached hydrogen (secondary N) is 1. The van der Waals surface area contributed by atoms with Crippen LogP contribution in [0, 0.1) is 6.92 Å². The molecule has 0 unspecified atom stereocenters. The average Bonchev–Trinajstić information content (AvgIpc) is 3.04. The van der Waals surface area contributed by atoms with Crippen LogP contribution in [0.15, 0.2) is 73.1 Å². The quantitative estimate of drug-likeness (QED) is 0.564. The first-order valence-corrected chi connectivity index (χ1v) is 9.34. The van der Waals surface area contributed by atoms with Crippen LogP contribution in [-0.4, -0.2) is 20.4 Å². The highest BCUT2D eigenvalue weighted by Gasteiger charge is 2.14. The van der Waals surface area contributed by atoms with Gasteiger partial charge in [0.15, 0.2) is 0 Å². The van der Waals surface area contributed by atoms with Crippen LogP contribution >= 0.6 is 0 Å². The van der Waals surface area contributed by atoms with E-state index in [0.29, 0.717) is 13.0 Å². The number of nitrogens with zero attached hydrogens (tertiary/aromatic N) is 3. The number of benzene rings is 2. The van der Waals surface area contributed by atoms with Crippen molar-refractivity contribution >= 4 is 16.9 Å². The third-order valence-corrected chi connectivity index (χ3v) is 4.69. The Morgan fingerprint density at radius 1 is 1.04 bits per heavy atom. The first-order chi connectivity index (χ1) is 13.7. The number of fused-ring (bicyclic) bond motifs is 1. The summed E-state index contributed by atoms with van der Waals surface area (Å²) < 4.78 is 2.01. The van der Waals surface area contributed by atoms with E-state index in [1.165, 1.54) is 11.1 Å². The Morgan fingerprint density at radius 3 is 2.71 bits per heavy atom. The van der Waals surface area contributed by atoms with Crippen molar-refractivity contribution in [1.29, 1.82) is 0 Å². The van der Waals surface area contributed by atoms with E-state index in [2.05, 4.69) is 41.5 Å². The number of rotatable bonds is 6. The van der Waals surface area contributed by atoms with Crippen molar-refractivity contribution in [2.75, 3.05) is 0 Å². The lowest BCUT2D eigenvalue weighted by molar-refractivity contribution is -0.121. The summed E-state index contributed by atoms with van der Waals surface area (Å²) >= 11 is 0. The molecule has 4 rings (SSSR count). The van der Waals surface area contributed by atoms with E-state index in [0.717, 1.165) is 22.4 Å². The second kappa shape index (κ2) is 8.05. The number of carbonyl (C=O) groups excluding carboxylic acids is 1. The van der Waals surface area contributed by atoms with Crippen molar-refractivity contribution in [3.8, 4) is 0 Å². The predicted molar refractivity (Wildman–Crippen MR) is 110 cm³/mol. The number of imidazole rings is 1. The summed E-state index contributed by atoms with van der Waals surface area (Å²) in [6, 6.07) is 20.1. The van der Waals surface area contributed by atoms with Gasteiger partial charge in [-0.05, 0) is 36.2 Å². The maximum atomic E-state index is 12.6. The summed E-state index contributed by atoms with van der Waals surface area (Å²) in [6.45, 7) is 2.78. The number of hydrogen-bond acceptors (Lipinski definition) is 3. The average molecular weight is 370 g/mol. The highest BCUT2D eigenvalue weighted by Crippen LogP contribution is 2.19. The van der Waals surface area contributed by atoms with Gasteiger partial charge < -0.3 is 9.88 Å². The molecule has 2 aromatic carbocycles. The number of aryl methyl sites for hydroxylation is 1. The molecular weight excluding hydrogens is 348 g/mol. The maximum Gasteiger partial charge on any atom is 0.240 e. The van der Waals surface area contributed by atoms with Gasteiger partial charge in [0.05, 0.1) is 11.0 Å². The fourth-order valence-electron chi connectivity index (χ4n) is 3.34. The minimum Gasteiger partial charge on any atom is -0.350 e. The largest absolute Gasteiger partial charge is 0.350 e. The van der Waals surface area contributed by atoms with Crippen molar-refractivity contribution in [3.63, 3.8) is 0 Å². The van der Waals surface area contributed by atoms with Gasteiger partial charge in [-0.3, -0.25) is 9.78 Å². The fraction of sp³-hybridized carbons (Fsp3) is 0.174. The van der Waals surface area contributed by atoms with Crippen molar-refractivity contribution in [3.05, 3.63) is 95.6 Å². The minimum absolute atomic E-state index is 0.0440. The number of amides is 1. The molecule has 28 heavy (non-hydrogen) atoms. The van der Waals surface area contributed by atoms with Crippen LogP contribution in [0.3, 0.4) is 0 Å². The summed E-state index contributed by atoms with van der Waals surface area (Å²) in [7, 11) is 0. The lowest BCUT2D eigenvalue weighted by atomic mass is 10.1. The molecule has 0 fully saturated rings. The van der Waals surface area contributed by atoms with Crippen LogP contribution < -0.4 is 5.32 Å². The molecular formula is C23H22N4O. The molecule has 140 valence electrons. The number of para-hydroxylation sites is 2. The highest BCUT2D eigenvalue weighted by molar-refractivity contribution is 5.81. The van der Waals surface area contributed by atoms with Gasteiger partial charge in [0.25, 0.3) is 0 Å². The minimum atomic E-state index is -0.0440. The van der Waals surface area contributed by atoms with Crippen LogP contribution in [0.25, 0.3) is 11.0 Å². The summed E-state index contributed by atoms with van der Waals surface area (Å²) in [5.41, 5.74) is 5.26. The predicted octanol–water partition coefficient (Wildman–Crippen LogP) is 3.65. The van der Waals surface area contributed by atoms with Crippen molar-refractivity contribution < 1.29 is 4.79 Å². The van der Waals surface area contributed by atoms with E-state index in [1.54, 1.807) is 12.4 Å². The van der Waals surface area contributed by atoms with Crippen LogP contribution in [0.1, 0.15) is 22.5 Å². The van der Waals surface area contributed by atoms with Gasteiger partial charge in [-0.1, -0.05) is 48.0 Å². The standard InChI is InChI=1S/C23H22N4O/c1-17-6-4-7-18(12-17)13-22-26-20-9-2-3-10-21(20)27(22)16-23(28)25-15-19-8-5-11-24-14-19/h2-12,14H,13,15-16H2,1H3,(H,25,28). The van der Waals surface area contributed by atoms with Gasteiger partial charge in [-0.2, -0.15) is 0 Å². The topological polar surface area (TPSA) is 59.8 Å². The third-order valence-electron chi connectivity index (χ3n) is 4.69. The van der Waals surface area contributed by atoms with Crippen LogP contribution in [0.2, 0.25) is 0 Å². The van der Waals surface area contributed by atoms with Gasteiger partial charge in [0.2, 0.25) is 5.91 Å². The van der Waals surface area contributed by atoms with Crippen LogP contribution in [0.5, 0.6) is 0 Å². The molecule has 0 atom stereocenters.